The van der Waals surface area contributed by atoms with Gasteiger partial charge in [-0.3, -0.25) is 9.59 Å². The maximum absolute atomic E-state index is 12.7. The van der Waals surface area contributed by atoms with Gasteiger partial charge >= 0.3 is 0 Å². The molecule has 0 fully saturated rings. The molecule has 1 N–H and O–H groups in total. The number of carbonyl (C=O) groups excluding carboxylic acids is 2. The van der Waals surface area contributed by atoms with Gasteiger partial charge in [0.1, 0.15) is 12.4 Å². The van der Waals surface area contributed by atoms with Crippen molar-refractivity contribution in [3.63, 3.8) is 0 Å². The zero-order chi connectivity index (χ0) is 20.5. The minimum atomic E-state index is -0.345. The van der Waals surface area contributed by atoms with Gasteiger partial charge in [0.15, 0.2) is 0 Å². The highest BCUT2D eigenvalue weighted by Gasteiger charge is 2.19. The number of hydrogen-bond donors (Lipinski definition) is 1. The van der Waals surface area contributed by atoms with E-state index in [2.05, 4.69) is 11.9 Å². The van der Waals surface area contributed by atoms with Gasteiger partial charge in [-0.15, -0.1) is 0 Å². The van der Waals surface area contributed by atoms with Crippen LogP contribution in [0.2, 0.25) is 0 Å². The van der Waals surface area contributed by atoms with Crippen LogP contribution in [0, 0.1) is 6.92 Å². The molecule has 0 aromatic heterocycles. The van der Waals surface area contributed by atoms with E-state index in [0.717, 1.165) is 22.4 Å². The maximum atomic E-state index is 12.7. The molecule has 5 nitrogen and oxygen atoms in total. The van der Waals surface area contributed by atoms with Crippen molar-refractivity contribution in [2.75, 3.05) is 13.7 Å². The lowest BCUT2D eigenvalue weighted by molar-refractivity contribution is -0.131. The van der Waals surface area contributed by atoms with Crippen LogP contribution in [0.25, 0.3) is 0 Å². The second-order valence-corrected chi connectivity index (χ2v) is 6.86. The Bertz CT molecular complexity index is 798. The monoisotopic (exact) mass is 380 g/mol. The number of nitrogens with one attached hydrogen (secondary N) is 1. The van der Waals surface area contributed by atoms with Crippen molar-refractivity contribution in [3.05, 3.63) is 77.9 Å². The lowest BCUT2D eigenvalue weighted by Crippen LogP contribution is -2.33. The minimum absolute atomic E-state index is 0.0358. The second-order valence-electron chi connectivity index (χ2n) is 6.86. The Morgan fingerprint density at radius 2 is 1.79 bits per heavy atom. The molecular weight excluding hydrogens is 352 g/mol. The molecular formula is C23H28N2O3. The van der Waals surface area contributed by atoms with Crippen molar-refractivity contribution in [3.8, 4) is 5.75 Å². The SMILES string of the molecule is C=CCOc1ccc(CN(C)C(=O)CC(NC(C)=O)c2ccc(C)cc2)cc1. The Balaban J connectivity index is 2.00. The molecule has 0 radical (unpaired) electrons. The highest BCUT2D eigenvalue weighted by molar-refractivity contribution is 5.79. The zero-order valence-electron chi connectivity index (χ0n) is 16.8. The molecule has 0 heterocycles. The lowest BCUT2D eigenvalue weighted by atomic mass is 10.0. The van der Waals surface area contributed by atoms with Crippen LogP contribution in [0.3, 0.4) is 0 Å². The van der Waals surface area contributed by atoms with Gasteiger partial charge in [0.2, 0.25) is 11.8 Å². The van der Waals surface area contributed by atoms with Gasteiger partial charge in [-0.2, -0.15) is 0 Å². The van der Waals surface area contributed by atoms with Crippen LogP contribution in [0.15, 0.2) is 61.2 Å². The Kier molecular flexibility index (Phi) is 7.81. The maximum Gasteiger partial charge on any atom is 0.225 e. The van der Waals surface area contributed by atoms with E-state index in [1.165, 1.54) is 6.92 Å². The minimum Gasteiger partial charge on any atom is -0.490 e. The van der Waals surface area contributed by atoms with Crippen molar-refractivity contribution < 1.29 is 14.3 Å². The molecule has 0 saturated carbocycles. The molecule has 0 bridgehead atoms. The molecule has 1 atom stereocenters. The number of hydrogen-bond acceptors (Lipinski definition) is 3. The third-order valence-electron chi connectivity index (χ3n) is 4.37. The van der Waals surface area contributed by atoms with E-state index < -0.39 is 0 Å². The normalized spacial score (nSPS) is 11.4. The van der Waals surface area contributed by atoms with Crippen molar-refractivity contribution >= 4 is 11.8 Å². The Labute approximate surface area is 167 Å². The first-order chi connectivity index (χ1) is 13.4. The number of ether oxygens (including phenoxy) is 1. The molecule has 28 heavy (non-hydrogen) atoms. The molecule has 0 spiro atoms. The number of rotatable bonds is 9. The fourth-order valence-electron chi connectivity index (χ4n) is 2.84. The summed E-state index contributed by atoms with van der Waals surface area (Å²) in [6, 6.07) is 15.1. The summed E-state index contributed by atoms with van der Waals surface area (Å²) in [5.41, 5.74) is 3.06. The summed E-state index contributed by atoms with van der Waals surface area (Å²) in [7, 11) is 1.77. The second kappa shape index (κ2) is 10.3. The molecule has 2 rings (SSSR count). The quantitative estimate of drug-likeness (QED) is 0.674. The smallest absolute Gasteiger partial charge is 0.225 e. The van der Waals surface area contributed by atoms with Crippen molar-refractivity contribution in [2.45, 2.75) is 32.9 Å². The van der Waals surface area contributed by atoms with E-state index in [1.54, 1.807) is 18.0 Å². The highest BCUT2D eigenvalue weighted by Crippen LogP contribution is 2.20. The van der Waals surface area contributed by atoms with E-state index in [4.69, 9.17) is 4.74 Å². The predicted molar refractivity (Wildman–Crippen MR) is 111 cm³/mol. The molecule has 2 amide bonds. The van der Waals surface area contributed by atoms with Gasteiger partial charge in [-0.25, -0.2) is 0 Å². The van der Waals surface area contributed by atoms with Crippen molar-refractivity contribution in [1.82, 2.24) is 10.2 Å². The highest BCUT2D eigenvalue weighted by atomic mass is 16.5. The number of nitrogens with zero attached hydrogens (tertiary/aromatic N) is 1. The summed E-state index contributed by atoms with van der Waals surface area (Å²) in [6.45, 7) is 8.04. The van der Waals surface area contributed by atoms with Gasteiger partial charge < -0.3 is 15.0 Å². The van der Waals surface area contributed by atoms with Crippen LogP contribution in [0.4, 0.5) is 0 Å². The van der Waals surface area contributed by atoms with E-state index in [-0.39, 0.29) is 24.3 Å². The average Bonchev–Trinajstić information content (AvgIpc) is 2.67. The standard InChI is InChI=1S/C23H28N2O3/c1-5-14-28-21-12-8-19(9-13-21)16-25(4)23(27)15-22(24-18(3)26)20-10-6-17(2)7-11-20/h5-13,22H,1,14-16H2,2-4H3,(H,24,26). The van der Waals surface area contributed by atoms with E-state index >= 15 is 0 Å². The topological polar surface area (TPSA) is 58.6 Å². The molecule has 2 aromatic rings. The summed E-state index contributed by atoms with van der Waals surface area (Å²) >= 11 is 0. The van der Waals surface area contributed by atoms with Gasteiger partial charge in [0, 0.05) is 20.5 Å². The van der Waals surface area contributed by atoms with Gasteiger partial charge in [-0.1, -0.05) is 54.6 Å². The molecule has 1 unspecified atom stereocenters. The van der Waals surface area contributed by atoms with Crippen molar-refractivity contribution in [2.24, 2.45) is 0 Å². The summed E-state index contributed by atoms with van der Waals surface area (Å²) < 4.78 is 5.47. The molecule has 0 aliphatic carbocycles. The van der Waals surface area contributed by atoms with Crippen LogP contribution < -0.4 is 10.1 Å². The van der Waals surface area contributed by atoms with Gasteiger partial charge in [-0.05, 0) is 30.2 Å². The Morgan fingerprint density at radius 3 is 2.36 bits per heavy atom. The summed E-state index contributed by atoms with van der Waals surface area (Å²) in [5, 5.41) is 2.88. The molecule has 0 saturated heterocycles. The fourth-order valence-corrected chi connectivity index (χ4v) is 2.84. The zero-order valence-corrected chi connectivity index (χ0v) is 16.8. The summed E-state index contributed by atoms with van der Waals surface area (Å²) in [4.78, 5) is 26.0. The lowest BCUT2D eigenvalue weighted by Gasteiger charge is -2.23. The molecule has 0 aliphatic heterocycles. The number of benzene rings is 2. The predicted octanol–water partition coefficient (Wildman–Crippen LogP) is 3.79. The number of amides is 2. The van der Waals surface area contributed by atoms with E-state index in [9.17, 15) is 9.59 Å². The molecule has 148 valence electrons. The fraction of sp³-hybridized carbons (Fsp3) is 0.304. The van der Waals surface area contributed by atoms with Crippen LogP contribution in [-0.4, -0.2) is 30.4 Å². The van der Waals surface area contributed by atoms with E-state index in [0.29, 0.717) is 13.2 Å². The molecule has 0 aliphatic rings. The first kappa shape index (κ1) is 21.2. The molecule has 2 aromatic carbocycles. The summed E-state index contributed by atoms with van der Waals surface area (Å²) in [5.74, 6) is 0.574. The Hall–Kier alpha value is -3.08. The summed E-state index contributed by atoms with van der Waals surface area (Å²) in [6.07, 6.45) is 1.90. The molecule has 5 heteroatoms. The first-order valence-electron chi connectivity index (χ1n) is 9.29. The van der Waals surface area contributed by atoms with Crippen LogP contribution in [0.5, 0.6) is 5.75 Å². The average molecular weight is 380 g/mol. The third kappa shape index (κ3) is 6.58. The van der Waals surface area contributed by atoms with Crippen LogP contribution in [-0.2, 0) is 16.1 Å². The third-order valence-corrected chi connectivity index (χ3v) is 4.37. The van der Waals surface area contributed by atoms with Crippen LogP contribution >= 0.6 is 0 Å². The largest absolute Gasteiger partial charge is 0.490 e. The van der Waals surface area contributed by atoms with Crippen LogP contribution in [0.1, 0.15) is 36.1 Å². The number of aryl methyl sites for hydroxylation is 1. The van der Waals surface area contributed by atoms with Crippen molar-refractivity contribution in [1.29, 1.82) is 0 Å². The van der Waals surface area contributed by atoms with E-state index in [1.807, 2.05) is 55.5 Å². The number of carbonyl (C=O) groups is 2. The van der Waals surface area contributed by atoms with Gasteiger partial charge in [0.25, 0.3) is 0 Å². The van der Waals surface area contributed by atoms with Gasteiger partial charge in [0.05, 0.1) is 12.5 Å². The first-order valence-corrected chi connectivity index (χ1v) is 9.29. The Morgan fingerprint density at radius 1 is 1.14 bits per heavy atom.